The maximum absolute atomic E-state index is 12.5. The molecule has 0 aromatic heterocycles. The Labute approximate surface area is 145 Å². The standard InChI is InChI=1S/C20H18N2O3/c1-21(14-17-7-4-6-16-5-2-3-8-19(16)17)20(23)13-15-9-11-18(12-10-15)22(24)25/h2-12H,13-14H2,1H3. The summed E-state index contributed by atoms with van der Waals surface area (Å²) in [5.74, 6) is -0.0261. The molecule has 1 amide bonds. The number of carbonyl (C=O) groups is 1. The molecule has 0 fully saturated rings. The van der Waals surface area contributed by atoms with Crippen molar-refractivity contribution in [2.24, 2.45) is 0 Å². The number of carbonyl (C=O) groups excluding carboxylic acids is 1. The van der Waals surface area contributed by atoms with Crippen LogP contribution in [-0.2, 0) is 17.8 Å². The van der Waals surface area contributed by atoms with Crippen molar-refractivity contribution >= 4 is 22.4 Å². The van der Waals surface area contributed by atoms with Crippen LogP contribution in [0.25, 0.3) is 10.8 Å². The third kappa shape index (κ3) is 3.83. The van der Waals surface area contributed by atoms with Crippen molar-refractivity contribution in [3.63, 3.8) is 0 Å². The van der Waals surface area contributed by atoms with Crippen molar-refractivity contribution in [1.82, 2.24) is 4.90 Å². The summed E-state index contributed by atoms with van der Waals surface area (Å²) in [4.78, 5) is 24.4. The van der Waals surface area contributed by atoms with Crippen molar-refractivity contribution in [3.05, 3.63) is 88.0 Å². The van der Waals surface area contributed by atoms with Crippen LogP contribution in [0.5, 0.6) is 0 Å². The summed E-state index contributed by atoms with van der Waals surface area (Å²) >= 11 is 0. The second-order valence-electron chi connectivity index (χ2n) is 5.99. The Morgan fingerprint density at radius 3 is 2.40 bits per heavy atom. The molecule has 0 saturated carbocycles. The van der Waals surface area contributed by atoms with Gasteiger partial charge in [-0.25, -0.2) is 0 Å². The average Bonchev–Trinajstić information content (AvgIpc) is 2.62. The molecule has 0 N–H and O–H groups in total. The smallest absolute Gasteiger partial charge is 0.269 e. The fourth-order valence-electron chi connectivity index (χ4n) is 2.82. The van der Waals surface area contributed by atoms with Gasteiger partial charge in [-0.2, -0.15) is 0 Å². The lowest BCUT2D eigenvalue weighted by atomic mass is 10.0. The van der Waals surface area contributed by atoms with E-state index in [-0.39, 0.29) is 18.0 Å². The molecular formula is C20H18N2O3. The lowest BCUT2D eigenvalue weighted by Gasteiger charge is -2.18. The van der Waals surface area contributed by atoms with Gasteiger partial charge in [0.2, 0.25) is 5.91 Å². The third-order valence-electron chi connectivity index (χ3n) is 4.22. The molecule has 0 aliphatic rings. The summed E-state index contributed by atoms with van der Waals surface area (Å²) in [5, 5.41) is 13.0. The molecular weight excluding hydrogens is 316 g/mol. The normalized spacial score (nSPS) is 10.6. The Bertz CT molecular complexity index is 914. The molecule has 0 aliphatic carbocycles. The molecule has 5 nitrogen and oxygen atoms in total. The first-order valence-electron chi connectivity index (χ1n) is 7.98. The van der Waals surface area contributed by atoms with Crippen LogP contribution in [0, 0.1) is 10.1 Å². The Morgan fingerprint density at radius 1 is 1.00 bits per heavy atom. The van der Waals surface area contributed by atoms with Crippen molar-refractivity contribution in [2.45, 2.75) is 13.0 Å². The van der Waals surface area contributed by atoms with E-state index in [0.29, 0.717) is 6.54 Å². The molecule has 0 aliphatic heterocycles. The Hall–Kier alpha value is -3.21. The van der Waals surface area contributed by atoms with Gasteiger partial charge in [-0.3, -0.25) is 14.9 Å². The zero-order chi connectivity index (χ0) is 17.8. The number of hydrogen-bond donors (Lipinski definition) is 0. The highest BCUT2D eigenvalue weighted by atomic mass is 16.6. The lowest BCUT2D eigenvalue weighted by Crippen LogP contribution is -2.27. The number of hydrogen-bond acceptors (Lipinski definition) is 3. The van der Waals surface area contributed by atoms with Crippen LogP contribution in [0.15, 0.2) is 66.7 Å². The molecule has 0 saturated heterocycles. The summed E-state index contributed by atoms with van der Waals surface area (Å²) in [5.41, 5.74) is 1.89. The monoisotopic (exact) mass is 334 g/mol. The van der Waals surface area contributed by atoms with Gasteiger partial charge in [-0.05, 0) is 21.9 Å². The first kappa shape index (κ1) is 16.6. The number of rotatable bonds is 5. The van der Waals surface area contributed by atoms with E-state index in [2.05, 4.69) is 18.2 Å². The molecule has 0 bridgehead atoms. The molecule has 3 aromatic carbocycles. The fourth-order valence-corrected chi connectivity index (χ4v) is 2.82. The molecule has 5 heteroatoms. The first-order valence-corrected chi connectivity index (χ1v) is 7.98. The number of nitrogens with zero attached hydrogens (tertiary/aromatic N) is 2. The van der Waals surface area contributed by atoms with Gasteiger partial charge in [0.05, 0.1) is 11.3 Å². The van der Waals surface area contributed by atoms with Crippen LogP contribution < -0.4 is 0 Å². The summed E-state index contributed by atoms with van der Waals surface area (Å²) in [6, 6.07) is 20.3. The van der Waals surface area contributed by atoms with Crippen molar-refractivity contribution < 1.29 is 9.72 Å². The predicted molar refractivity (Wildman–Crippen MR) is 97.2 cm³/mol. The molecule has 25 heavy (non-hydrogen) atoms. The van der Waals surface area contributed by atoms with Gasteiger partial charge >= 0.3 is 0 Å². The van der Waals surface area contributed by atoms with Crippen molar-refractivity contribution in [2.75, 3.05) is 7.05 Å². The van der Waals surface area contributed by atoms with Crippen LogP contribution in [0.4, 0.5) is 5.69 Å². The average molecular weight is 334 g/mol. The summed E-state index contributed by atoms with van der Waals surface area (Å²) in [6.45, 7) is 0.521. The van der Waals surface area contributed by atoms with Crippen LogP contribution in [0.1, 0.15) is 11.1 Å². The Morgan fingerprint density at radius 2 is 1.68 bits per heavy atom. The minimum Gasteiger partial charge on any atom is -0.341 e. The number of non-ortho nitro benzene ring substituents is 1. The van der Waals surface area contributed by atoms with Gasteiger partial charge in [0.1, 0.15) is 0 Å². The van der Waals surface area contributed by atoms with E-state index in [1.807, 2.05) is 24.3 Å². The quantitative estimate of drug-likeness (QED) is 0.524. The molecule has 0 spiro atoms. The number of benzene rings is 3. The van der Waals surface area contributed by atoms with Gasteiger partial charge in [-0.15, -0.1) is 0 Å². The molecule has 0 heterocycles. The molecule has 0 atom stereocenters. The van der Waals surface area contributed by atoms with Crippen LogP contribution in [0.3, 0.4) is 0 Å². The number of amides is 1. The number of likely N-dealkylation sites (N-methyl/N-ethyl adjacent to an activating group) is 1. The third-order valence-corrected chi connectivity index (χ3v) is 4.22. The van der Waals surface area contributed by atoms with Gasteiger partial charge in [-0.1, -0.05) is 54.6 Å². The number of fused-ring (bicyclic) bond motifs is 1. The number of nitro benzene ring substituents is 1. The van der Waals surface area contributed by atoms with E-state index in [4.69, 9.17) is 0 Å². The highest BCUT2D eigenvalue weighted by Crippen LogP contribution is 2.20. The lowest BCUT2D eigenvalue weighted by molar-refractivity contribution is -0.384. The maximum Gasteiger partial charge on any atom is 0.269 e. The molecule has 0 radical (unpaired) electrons. The SMILES string of the molecule is CN(Cc1cccc2ccccc12)C(=O)Cc1ccc([N+](=O)[O-])cc1. The van der Waals surface area contributed by atoms with Crippen LogP contribution >= 0.6 is 0 Å². The van der Waals surface area contributed by atoms with E-state index >= 15 is 0 Å². The minimum absolute atomic E-state index is 0.0261. The topological polar surface area (TPSA) is 63.5 Å². The second kappa shape index (κ2) is 7.13. The van der Waals surface area contributed by atoms with Gasteiger partial charge in [0, 0.05) is 25.7 Å². The van der Waals surface area contributed by atoms with E-state index in [9.17, 15) is 14.9 Å². The molecule has 3 rings (SSSR count). The summed E-state index contributed by atoms with van der Waals surface area (Å²) in [7, 11) is 1.77. The van der Waals surface area contributed by atoms with Crippen LogP contribution in [-0.4, -0.2) is 22.8 Å². The fraction of sp³-hybridized carbons (Fsp3) is 0.150. The van der Waals surface area contributed by atoms with Crippen LogP contribution in [0.2, 0.25) is 0 Å². The molecule has 126 valence electrons. The van der Waals surface area contributed by atoms with E-state index in [1.54, 1.807) is 24.1 Å². The zero-order valence-electron chi connectivity index (χ0n) is 13.9. The minimum atomic E-state index is -0.446. The summed E-state index contributed by atoms with van der Waals surface area (Å²) < 4.78 is 0. The highest BCUT2D eigenvalue weighted by Gasteiger charge is 2.13. The largest absolute Gasteiger partial charge is 0.341 e. The highest BCUT2D eigenvalue weighted by molar-refractivity contribution is 5.86. The van der Waals surface area contributed by atoms with E-state index in [0.717, 1.165) is 21.9 Å². The van der Waals surface area contributed by atoms with E-state index < -0.39 is 4.92 Å². The van der Waals surface area contributed by atoms with Gasteiger partial charge in [0.15, 0.2) is 0 Å². The molecule has 3 aromatic rings. The second-order valence-corrected chi connectivity index (χ2v) is 5.99. The first-order chi connectivity index (χ1) is 12.0. The predicted octanol–water partition coefficient (Wildman–Crippen LogP) is 3.95. The molecule has 0 unspecified atom stereocenters. The van der Waals surface area contributed by atoms with Crippen molar-refractivity contribution in [3.8, 4) is 0 Å². The van der Waals surface area contributed by atoms with E-state index in [1.165, 1.54) is 12.1 Å². The zero-order valence-corrected chi connectivity index (χ0v) is 13.9. The maximum atomic E-state index is 12.5. The van der Waals surface area contributed by atoms with Crippen molar-refractivity contribution in [1.29, 1.82) is 0 Å². The Kier molecular flexibility index (Phi) is 4.75. The van der Waals surface area contributed by atoms with Gasteiger partial charge in [0.25, 0.3) is 5.69 Å². The summed E-state index contributed by atoms with van der Waals surface area (Å²) in [6.07, 6.45) is 0.221. The number of nitro groups is 1. The Balaban J connectivity index is 1.71. The van der Waals surface area contributed by atoms with Gasteiger partial charge < -0.3 is 4.90 Å².